The standard InChI is InChI=1S/C22H25N5O2/c1-15-5-6-19-16(12-15)13-20(26(19)2)22(29)27-10-3-4-17(7-11-27)25-21(28)18-14-23-8-9-24-18/h5-6,8-9,12-14,17H,3-4,7,10-11H2,1-2H3,(H,25,28). The molecule has 0 bridgehead atoms. The Morgan fingerprint density at radius 1 is 1.14 bits per heavy atom. The van der Waals surface area contributed by atoms with Gasteiger partial charge in [0.1, 0.15) is 11.4 Å². The average Bonchev–Trinajstić information content (AvgIpc) is 2.89. The van der Waals surface area contributed by atoms with E-state index in [1.807, 2.05) is 22.6 Å². The molecule has 3 aromatic rings. The summed E-state index contributed by atoms with van der Waals surface area (Å²) in [5, 5.41) is 4.11. The van der Waals surface area contributed by atoms with Crippen LogP contribution in [0.5, 0.6) is 0 Å². The number of aryl methyl sites for hydroxylation is 2. The molecule has 0 radical (unpaired) electrons. The molecule has 29 heavy (non-hydrogen) atoms. The lowest BCUT2D eigenvalue weighted by Crippen LogP contribution is -2.37. The molecule has 2 amide bonds. The van der Waals surface area contributed by atoms with Crippen molar-refractivity contribution in [1.82, 2.24) is 24.8 Å². The minimum Gasteiger partial charge on any atom is -0.348 e. The number of rotatable bonds is 3. The molecule has 1 aliphatic rings. The van der Waals surface area contributed by atoms with E-state index in [2.05, 4.69) is 40.4 Å². The number of nitrogens with zero attached hydrogens (tertiary/aromatic N) is 4. The van der Waals surface area contributed by atoms with E-state index in [0.717, 1.165) is 30.2 Å². The molecule has 150 valence electrons. The highest BCUT2D eigenvalue weighted by Crippen LogP contribution is 2.22. The fraction of sp³-hybridized carbons (Fsp3) is 0.364. The van der Waals surface area contributed by atoms with Gasteiger partial charge in [-0.25, -0.2) is 4.98 Å². The first-order valence-electron chi connectivity index (χ1n) is 9.95. The van der Waals surface area contributed by atoms with Gasteiger partial charge in [0.2, 0.25) is 0 Å². The third-order valence-corrected chi connectivity index (χ3v) is 5.56. The molecule has 7 nitrogen and oxygen atoms in total. The smallest absolute Gasteiger partial charge is 0.271 e. The van der Waals surface area contributed by atoms with Gasteiger partial charge in [0.15, 0.2) is 0 Å². The third-order valence-electron chi connectivity index (χ3n) is 5.56. The maximum atomic E-state index is 13.2. The maximum absolute atomic E-state index is 13.2. The van der Waals surface area contributed by atoms with Crippen LogP contribution in [0.4, 0.5) is 0 Å². The van der Waals surface area contributed by atoms with Gasteiger partial charge in [0.25, 0.3) is 11.8 Å². The average molecular weight is 391 g/mol. The second kappa shape index (κ2) is 8.03. The van der Waals surface area contributed by atoms with E-state index in [0.29, 0.717) is 24.5 Å². The summed E-state index contributed by atoms with van der Waals surface area (Å²) in [4.78, 5) is 35.4. The largest absolute Gasteiger partial charge is 0.348 e. The number of carbonyl (C=O) groups is 2. The van der Waals surface area contributed by atoms with Crippen LogP contribution in [0.3, 0.4) is 0 Å². The lowest BCUT2D eigenvalue weighted by molar-refractivity contribution is 0.0751. The Kier molecular flexibility index (Phi) is 5.29. The number of amides is 2. The van der Waals surface area contributed by atoms with Crippen molar-refractivity contribution in [2.45, 2.75) is 32.2 Å². The van der Waals surface area contributed by atoms with Crippen LogP contribution in [0.15, 0.2) is 42.9 Å². The number of hydrogen-bond acceptors (Lipinski definition) is 4. The van der Waals surface area contributed by atoms with E-state index in [-0.39, 0.29) is 17.9 Å². The summed E-state index contributed by atoms with van der Waals surface area (Å²) in [5.41, 5.74) is 3.25. The minimum absolute atomic E-state index is 0.0254. The van der Waals surface area contributed by atoms with E-state index in [1.54, 1.807) is 6.20 Å². The van der Waals surface area contributed by atoms with Crippen molar-refractivity contribution in [2.75, 3.05) is 13.1 Å². The molecule has 0 aliphatic carbocycles. The summed E-state index contributed by atoms with van der Waals surface area (Å²) in [5.74, 6) is -0.172. The first kappa shape index (κ1) is 19.1. The van der Waals surface area contributed by atoms with Crippen LogP contribution in [0.1, 0.15) is 45.8 Å². The quantitative estimate of drug-likeness (QED) is 0.744. The molecule has 1 atom stereocenters. The summed E-state index contributed by atoms with van der Waals surface area (Å²) in [7, 11) is 1.94. The first-order valence-corrected chi connectivity index (χ1v) is 9.95. The molecule has 1 fully saturated rings. The number of likely N-dealkylation sites (tertiary alicyclic amines) is 1. The van der Waals surface area contributed by atoms with Crippen LogP contribution in [0, 0.1) is 6.92 Å². The van der Waals surface area contributed by atoms with Gasteiger partial charge >= 0.3 is 0 Å². The van der Waals surface area contributed by atoms with Gasteiger partial charge in [-0.15, -0.1) is 0 Å². The van der Waals surface area contributed by atoms with Gasteiger partial charge in [-0.1, -0.05) is 11.6 Å². The van der Waals surface area contributed by atoms with Gasteiger partial charge < -0.3 is 14.8 Å². The molecule has 2 aromatic heterocycles. The number of benzene rings is 1. The van der Waals surface area contributed by atoms with Crippen molar-refractivity contribution in [3.63, 3.8) is 0 Å². The van der Waals surface area contributed by atoms with Crippen molar-refractivity contribution in [1.29, 1.82) is 0 Å². The monoisotopic (exact) mass is 391 g/mol. The number of nitrogens with one attached hydrogen (secondary N) is 1. The van der Waals surface area contributed by atoms with Crippen molar-refractivity contribution in [3.8, 4) is 0 Å². The highest BCUT2D eigenvalue weighted by Gasteiger charge is 2.25. The fourth-order valence-electron chi connectivity index (χ4n) is 3.96. The van der Waals surface area contributed by atoms with E-state index >= 15 is 0 Å². The Bertz CT molecular complexity index is 1040. The Morgan fingerprint density at radius 2 is 2.00 bits per heavy atom. The van der Waals surface area contributed by atoms with Crippen molar-refractivity contribution in [3.05, 3.63) is 59.8 Å². The highest BCUT2D eigenvalue weighted by molar-refractivity contribution is 5.99. The SMILES string of the molecule is Cc1ccc2c(c1)cc(C(=O)N1CCCC(NC(=O)c3cnccn3)CC1)n2C. The predicted molar refractivity (Wildman–Crippen MR) is 111 cm³/mol. The Hall–Kier alpha value is -3.22. The summed E-state index contributed by atoms with van der Waals surface area (Å²) in [6.45, 7) is 3.36. The van der Waals surface area contributed by atoms with Gasteiger partial charge in [0.05, 0.1) is 6.20 Å². The van der Waals surface area contributed by atoms with Crippen LogP contribution in [0.25, 0.3) is 10.9 Å². The third kappa shape index (κ3) is 3.99. The van der Waals surface area contributed by atoms with Crippen LogP contribution in [-0.2, 0) is 7.05 Å². The zero-order valence-corrected chi connectivity index (χ0v) is 16.8. The number of fused-ring (bicyclic) bond motifs is 1. The highest BCUT2D eigenvalue weighted by atomic mass is 16.2. The van der Waals surface area contributed by atoms with Crippen LogP contribution < -0.4 is 5.32 Å². The molecule has 7 heteroatoms. The second-order valence-electron chi connectivity index (χ2n) is 7.64. The number of carbonyl (C=O) groups excluding carboxylic acids is 2. The zero-order valence-electron chi connectivity index (χ0n) is 16.8. The Labute approximate surface area is 169 Å². The van der Waals surface area contributed by atoms with E-state index in [9.17, 15) is 9.59 Å². The van der Waals surface area contributed by atoms with E-state index in [1.165, 1.54) is 18.0 Å². The maximum Gasteiger partial charge on any atom is 0.271 e. The number of aromatic nitrogens is 3. The Balaban J connectivity index is 1.44. The van der Waals surface area contributed by atoms with Crippen LogP contribution in [0.2, 0.25) is 0 Å². The molecule has 1 unspecified atom stereocenters. The lowest BCUT2D eigenvalue weighted by Gasteiger charge is -2.21. The fourth-order valence-corrected chi connectivity index (χ4v) is 3.96. The Morgan fingerprint density at radius 3 is 2.79 bits per heavy atom. The van der Waals surface area contributed by atoms with E-state index in [4.69, 9.17) is 0 Å². The molecule has 4 rings (SSSR count). The predicted octanol–water partition coefficient (Wildman–Crippen LogP) is 2.70. The van der Waals surface area contributed by atoms with Gasteiger partial charge in [-0.3, -0.25) is 14.6 Å². The lowest BCUT2D eigenvalue weighted by atomic mass is 10.1. The summed E-state index contributed by atoms with van der Waals surface area (Å²) < 4.78 is 1.97. The molecule has 0 spiro atoms. The van der Waals surface area contributed by atoms with Crippen LogP contribution >= 0.6 is 0 Å². The number of hydrogen-bond donors (Lipinski definition) is 1. The topological polar surface area (TPSA) is 80.1 Å². The summed E-state index contributed by atoms with van der Waals surface area (Å²) in [6, 6.07) is 8.22. The minimum atomic E-state index is -0.216. The molecular formula is C22H25N5O2. The summed E-state index contributed by atoms with van der Waals surface area (Å²) in [6.07, 6.45) is 6.92. The second-order valence-corrected chi connectivity index (χ2v) is 7.64. The normalized spacial score (nSPS) is 17.2. The molecule has 0 saturated carbocycles. The van der Waals surface area contributed by atoms with Crippen molar-refractivity contribution >= 4 is 22.7 Å². The zero-order chi connectivity index (χ0) is 20.4. The summed E-state index contributed by atoms with van der Waals surface area (Å²) >= 11 is 0. The molecule has 1 aliphatic heterocycles. The molecule has 1 aromatic carbocycles. The molecular weight excluding hydrogens is 366 g/mol. The van der Waals surface area contributed by atoms with Crippen LogP contribution in [-0.4, -0.2) is 50.4 Å². The molecule has 3 heterocycles. The van der Waals surface area contributed by atoms with E-state index < -0.39 is 0 Å². The van der Waals surface area contributed by atoms with Gasteiger partial charge in [-0.2, -0.15) is 0 Å². The van der Waals surface area contributed by atoms with Gasteiger partial charge in [0, 0.05) is 49.5 Å². The molecule has 1 saturated heterocycles. The first-order chi connectivity index (χ1) is 14.0. The molecule has 1 N–H and O–H groups in total. The van der Waals surface area contributed by atoms with Crippen molar-refractivity contribution < 1.29 is 9.59 Å². The van der Waals surface area contributed by atoms with Crippen molar-refractivity contribution in [2.24, 2.45) is 7.05 Å². The van der Waals surface area contributed by atoms with Gasteiger partial charge in [-0.05, 0) is 44.4 Å².